The molecular formula is C16H21BrN2S. The summed E-state index contributed by atoms with van der Waals surface area (Å²) in [4.78, 5) is 5.99. The molecule has 0 aliphatic rings. The summed E-state index contributed by atoms with van der Waals surface area (Å²) in [6, 6.07) is 6.75. The van der Waals surface area contributed by atoms with Gasteiger partial charge in [-0.3, -0.25) is 0 Å². The van der Waals surface area contributed by atoms with E-state index >= 15 is 0 Å². The number of hydrogen-bond donors (Lipinski definition) is 1. The van der Waals surface area contributed by atoms with Crippen LogP contribution >= 0.6 is 27.3 Å². The molecule has 108 valence electrons. The molecule has 2 rings (SSSR count). The lowest BCUT2D eigenvalue weighted by molar-refractivity contribution is 0.546. The highest BCUT2D eigenvalue weighted by Crippen LogP contribution is 2.30. The molecule has 0 spiro atoms. The lowest BCUT2D eigenvalue weighted by atomic mass is 10.0. The third-order valence-corrected chi connectivity index (χ3v) is 5.68. The second-order valence-corrected chi connectivity index (χ2v) is 7.12. The zero-order valence-corrected chi connectivity index (χ0v) is 14.9. The predicted octanol–water partition coefficient (Wildman–Crippen LogP) is 4.72. The van der Waals surface area contributed by atoms with E-state index in [4.69, 9.17) is 0 Å². The standard InChI is InChI=1S/C16H21BrN2S/c1-5-18-14(9-15-19-11(3)12(4)20-15)13-8-6-7-10(2)16(13)17/h6-8,14,18H,5,9H2,1-4H3. The second-order valence-electron chi connectivity index (χ2n) is 5.04. The summed E-state index contributed by atoms with van der Waals surface area (Å²) in [7, 11) is 0. The van der Waals surface area contributed by atoms with Crippen LogP contribution in [0.3, 0.4) is 0 Å². The number of nitrogens with one attached hydrogen (secondary N) is 1. The Balaban J connectivity index is 2.29. The Kier molecular flexibility index (Phi) is 5.35. The second kappa shape index (κ2) is 6.83. The zero-order valence-electron chi connectivity index (χ0n) is 12.5. The van der Waals surface area contributed by atoms with Crippen molar-refractivity contribution in [1.29, 1.82) is 0 Å². The molecular weight excluding hydrogens is 332 g/mol. The number of rotatable bonds is 5. The molecule has 0 bridgehead atoms. The van der Waals surface area contributed by atoms with Crippen LogP contribution in [0.5, 0.6) is 0 Å². The Morgan fingerprint density at radius 2 is 2.05 bits per heavy atom. The van der Waals surface area contributed by atoms with Crippen molar-refractivity contribution in [3.05, 3.63) is 49.4 Å². The fourth-order valence-electron chi connectivity index (χ4n) is 2.28. The third kappa shape index (κ3) is 3.48. The molecule has 20 heavy (non-hydrogen) atoms. The molecule has 4 heteroatoms. The van der Waals surface area contributed by atoms with Crippen LogP contribution in [0.1, 0.15) is 39.7 Å². The number of aryl methyl sites for hydroxylation is 3. The zero-order chi connectivity index (χ0) is 14.7. The molecule has 1 atom stereocenters. The molecule has 0 fully saturated rings. The highest BCUT2D eigenvalue weighted by atomic mass is 79.9. The van der Waals surface area contributed by atoms with Crippen molar-refractivity contribution in [2.24, 2.45) is 0 Å². The predicted molar refractivity (Wildman–Crippen MR) is 90.6 cm³/mol. The Labute approximate surface area is 133 Å². The van der Waals surface area contributed by atoms with Gasteiger partial charge in [0.05, 0.1) is 10.7 Å². The summed E-state index contributed by atoms with van der Waals surface area (Å²) in [5.41, 5.74) is 3.75. The Morgan fingerprint density at radius 1 is 1.30 bits per heavy atom. The normalized spacial score (nSPS) is 12.7. The molecule has 1 heterocycles. The first-order chi connectivity index (χ1) is 9.52. The van der Waals surface area contributed by atoms with E-state index in [0.717, 1.165) is 18.7 Å². The number of benzene rings is 1. The summed E-state index contributed by atoms with van der Waals surface area (Å²) in [6.45, 7) is 9.46. The van der Waals surface area contributed by atoms with Crippen LogP contribution in [-0.4, -0.2) is 11.5 Å². The van der Waals surface area contributed by atoms with Crippen LogP contribution < -0.4 is 5.32 Å². The maximum atomic E-state index is 4.67. The van der Waals surface area contributed by atoms with Crippen molar-refractivity contribution in [1.82, 2.24) is 10.3 Å². The topological polar surface area (TPSA) is 24.9 Å². The van der Waals surface area contributed by atoms with Crippen molar-refractivity contribution < 1.29 is 0 Å². The van der Waals surface area contributed by atoms with Gasteiger partial charge in [-0.2, -0.15) is 0 Å². The summed E-state index contributed by atoms with van der Waals surface area (Å²) in [5.74, 6) is 0. The van der Waals surface area contributed by atoms with Gasteiger partial charge in [-0.15, -0.1) is 11.3 Å². The van der Waals surface area contributed by atoms with Crippen LogP contribution in [0, 0.1) is 20.8 Å². The molecule has 2 aromatic rings. The van der Waals surface area contributed by atoms with E-state index in [9.17, 15) is 0 Å². The molecule has 2 nitrogen and oxygen atoms in total. The van der Waals surface area contributed by atoms with Gasteiger partial charge >= 0.3 is 0 Å². The smallest absolute Gasteiger partial charge is 0.0949 e. The van der Waals surface area contributed by atoms with Gasteiger partial charge < -0.3 is 5.32 Å². The number of likely N-dealkylation sites (N-methyl/N-ethyl adjacent to an activating group) is 1. The quantitative estimate of drug-likeness (QED) is 0.841. The van der Waals surface area contributed by atoms with E-state index in [2.05, 4.69) is 72.1 Å². The minimum absolute atomic E-state index is 0.305. The molecule has 1 aromatic carbocycles. The van der Waals surface area contributed by atoms with E-state index in [-0.39, 0.29) is 0 Å². The minimum atomic E-state index is 0.305. The SMILES string of the molecule is CCNC(Cc1nc(C)c(C)s1)c1cccc(C)c1Br. The van der Waals surface area contributed by atoms with Gasteiger partial charge in [0.15, 0.2) is 0 Å². The fourth-order valence-corrected chi connectivity index (χ4v) is 3.80. The average Bonchev–Trinajstić information content (AvgIpc) is 2.71. The van der Waals surface area contributed by atoms with Crippen LogP contribution in [0.2, 0.25) is 0 Å². The molecule has 1 N–H and O–H groups in total. The van der Waals surface area contributed by atoms with Crippen molar-refractivity contribution in [3.63, 3.8) is 0 Å². The number of aromatic nitrogens is 1. The fraction of sp³-hybridized carbons (Fsp3) is 0.438. The number of thiazole rings is 1. The summed E-state index contributed by atoms with van der Waals surface area (Å²) in [6.07, 6.45) is 0.940. The highest BCUT2D eigenvalue weighted by molar-refractivity contribution is 9.10. The lowest BCUT2D eigenvalue weighted by Gasteiger charge is -2.19. The molecule has 0 amide bonds. The molecule has 0 aliphatic carbocycles. The number of hydrogen-bond acceptors (Lipinski definition) is 3. The first-order valence-electron chi connectivity index (χ1n) is 6.94. The highest BCUT2D eigenvalue weighted by Gasteiger charge is 2.17. The minimum Gasteiger partial charge on any atom is -0.310 e. The monoisotopic (exact) mass is 352 g/mol. The van der Waals surface area contributed by atoms with Gasteiger partial charge in [0.25, 0.3) is 0 Å². The van der Waals surface area contributed by atoms with E-state index < -0.39 is 0 Å². The summed E-state index contributed by atoms with van der Waals surface area (Å²) < 4.78 is 1.20. The number of nitrogens with zero attached hydrogens (tertiary/aromatic N) is 1. The summed E-state index contributed by atoms with van der Waals surface area (Å²) in [5, 5.41) is 4.79. The maximum absolute atomic E-state index is 4.67. The average molecular weight is 353 g/mol. The Morgan fingerprint density at radius 3 is 2.65 bits per heavy atom. The van der Waals surface area contributed by atoms with Crippen molar-refractivity contribution in [2.75, 3.05) is 6.54 Å². The van der Waals surface area contributed by atoms with Crippen molar-refractivity contribution >= 4 is 27.3 Å². The van der Waals surface area contributed by atoms with Crippen LogP contribution in [0.15, 0.2) is 22.7 Å². The molecule has 0 saturated heterocycles. The largest absolute Gasteiger partial charge is 0.310 e. The van der Waals surface area contributed by atoms with Gasteiger partial charge in [0.1, 0.15) is 0 Å². The lowest BCUT2D eigenvalue weighted by Crippen LogP contribution is -2.23. The number of halogens is 1. The van der Waals surface area contributed by atoms with E-state index in [1.807, 2.05) is 0 Å². The Hall–Kier alpha value is -0.710. The third-order valence-electron chi connectivity index (χ3n) is 3.50. The molecule has 1 unspecified atom stereocenters. The van der Waals surface area contributed by atoms with Gasteiger partial charge in [-0.05, 0) is 38.4 Å². The van der Waals surface area contributed by atoms with Gasteiger partial charge in [-0.25, -0.2) is 4.98 Å². The van der Waals surface area contributed by atoms with Gasteiger partial charge in [-0.1, -0.05) is 41.1 Å². The van der Waals surface area contributed by atoms with Gasteiger partial charge in [0, 0.05) is 21.8 Å². The Bertz CT molecular complexity index is 573. The van der Waals surface area contributed by atoms with Crippen LogP contribution in [0.4, 0.5) is 0 Å². The van der Waals surface area contributed by atoms with E-state index in [1.54, 1.807) is 11.3 Å². The van der Waals surface area contributed by atoms with E-state index in [0.29, 0.717) is 6.04 Å². The first-order valence-corrected chi connectivity index (χ1v) is 8.55. The maximum Gasteiger partial charge on any atom is 0.0949 e. The van der Waals surface area contributed by atoms with Crippen molar-refractivity contribution in [3.8, 4) is 0 Å². The van der Waals surface area contributed by atoms with Crippen LogP contribution in [0.25, 0.3) is 0 Å². The molecule has 0 saturated carbocycles. The molecule has 0 aliphatic heterocycles. The molecule has 1 aromatic heterocycles. The van der Waals surface area contributed by atoms with E-state index in [1.165, 1.54) is 25.5 Å². The van der Waals surface area contributed by atoms with Crippen LogP contribution in [-0.2, 0) is 6.42 Å². The van der Waals surface area contributed by atoms with Crippen molar-refractivity contribution in [2.45, 2.75) is 40.2 Å². The first kappa shape index (κ1) is 15.7. The summed E-state index contributed by atoms with van der Waals surface area (Å²) >= 11 is 5.53. The molecule has 0 radical (unpaired) electrons. The van der Waals surface area contributed by atoms with Gasteiger partial charge in [0.2, 0.25) is 0 Å².